The van der Waals surface area contributed by atoms with Crippen LogP contribution in [-0.4, -0.2) is 11.4 Å². The van der Waals surface area contributed by atoms with Crippen LogP contribution in [0.3, 0.4) is 0 Å². The molecule has 1 rings (SSSR count). The van der Waals surface area contributed by atoms with Gasteiger partial charge in [0.25, 0.3) is 0 Å². The SMILES string of the molecule is C/C=C(/C/C=N/O)c1ccccc1. The first kappa shape index (κ1) is 9.52. The molecule has 1 aromatic carbocycles. The highest BCUT2D eigenvalue weighted by atomic mass is 16.4. The predicted molar refractivity (Wildman–Crippen MR) is 55.0 cm³/mol. The molecular formula is C11H13NO. The Bertz CT molecular complexity index is 301. The number of rotatable bonds is 3. The van der Waals surface area contributed by atoms with Gasteiger partial charge in [-0.25, -0.2) is 0 Å². The van der Waals surface area contributed by atoms with Gasteiger partial charge in [0.1, 0.15) is 0 Å². The van der Waals surface area contributed by atoms with Gasteiger partial charge >= 0.3 is 0 Å². The second-order valence-electron chi connectivity index (χ2n) is 2.68. The summed E-state index contributed by atoms with van der Waals surface area (Å²) in [5.74, 6) is 0. The van der Waals surface area contributed by atoms with Gasteiger partial charge in [0.05, 0.1) is 0 Å². The van der Waals surface area contributed by atoms with Gasteiger partial charge in [-0.2, -0.15) is 0 Å². The van der Waals surface area contributed by atoms with E-state index < -0.39 is 0 Å². The molecule has 0 radical (unpaired) electrons. The number of allylic oxidation sites excluding steroid dienone is 2. The Kier molecular flexibility index (Phi) is 3.76. The summed E-state index contributed by atoms with van der Waals surface area (Å²) >= 11 is 0. The van der Waals surface area contributed by atoms with E-state index in [1.54, 1.807) is 0 Å². The first-order valence-electron chi connectivity index (χ1n) is 4.25. The molecule has 0 heterocycles. The van der Waals surface area contributed by atoms with Crippen LogP contribution in [0.4, 0.5) is 0 Å². The average molecular weight is 175 g/mol. The van der Waals surface area contributed by atoms with Gasteiger partial charge in [0.2, 0.25) is 0 Å². The second-order valence-corrected chi connectivity index (χ2v) is 2.68. The zero-order chi connectivity index (χ0) is 9.52. The van der Waals surface area contributed by atoms with E-state index in [1.165, 1.54) is 17.4 Å². The molecule has 0 saturated heterocycles. The molecule has 0 unspecified atom stereocenters. The van der Waals surface area contributed by atoms with Gasteiger partial charge in [0, 0.05) is 12.6 Å². The summed E-state index contributed by atoms with van der Waals surface area (Å²) < 4.78 is 0. The van der Waals surface area contributed by atoms with Gasteiger partial charge in [-0.15, -0.1) is 5.16 Å². The molecule has 0 fully saturated rings. The Balaban J connectivity index is 2.80. The van der Waals surface area contributed by atoms with Crippen molar-refractivity contribution >= 4 is 11.8 Å². The van der Waals surface area contributed by atoms with E-state index in [0.29, 0.717) is 6.42 Å². The Morgan fingerprint density at radius 3 is 2.62 bits per heavy atom. The summed E-state index contributed by atoms with van der Waals surface area (Å²) in [6, 6.07) is 10.1. The molecule has 68 valence electrons. The molecule has 0 aliphatic carbocycles. The van der Waals surface area contributed by atoms with Crippen molar-refractivity contribution in [1.29, 1.82) is 0 Å². The van der Waals surface area contributed by atoms with Gasteiger partial charge in [-0.3, -0.25) is 0 Å². The third kappa shape index (κ3) is 2.75. The lowest BCUT2D eigenvalue weighted by atomic mass is 10.0. The largest absolute Gasteiger partial charge is 0.411 e. The van der Waals surface area contributed by atoms with Crippen LogP contribution in [0.1, 0.15) is 18.9 Å². The van der Waals surface area contributed by atoms with Crippen molar-refractivity contribution in [3.05, 3.63) is 42.0 Å². The van der Waals surface area contributed by atoms with Crippen molar-refractivity contribution in [3.8, 4) is 0 Å². The molecule has 0 atom stereocenters. The second kappa shape index (κ2) is 5.14. The van der Waals surface area contributed by atoms with E-state index in [1.807, 2.05) is 43.3 Å². The molecule has 0 saturated carbocycles. The fraction of sp³-hybridized carbons (Fsp3) is 0.182. The molecule has 2 nitrogen and oxygen atoms in total. The van der Waals surface area contributed by atoms with E-state index in [-0.39, 0.29) is 0 Å². The highest BCUT2D eigenvalue weighted by Crippen LogP contribution is 2.15. The molecule has 13 heavy (non-hydrogen) atoms. The summed E-state index contributed by atoms with van der Waals surface area (Å²) in [7, 11) is 0. The maximum absolute atomic E-state index is 8.30. The third-order valence-corrected chi connectivity index (χ3v) is 1.89. The number of benzene rings is 1. The molecule has 0 amide bonds. The predicted octanol–water partition coefficient (Wildman–Crippen LogP) is 2.94. The standard InChI is InChI=1S/C11H13NO/c1-2-10(8-9-12-13)11-6-4-3-5-7-11/h2-7,9,13H,8H2,1H3/b10-2-,12-9+. The van der Waals surface area contributed by atoms with Gasteiger partial charge in [-0.1, -0.05) is 36.4 Å². The average Bonchev–Trinajstić information content (AvgIpc) is 2.21. The minimum absolute atomic E-state index is 0.664. The summed E-state index contributed by atoms with van der Waals surface area (Å²) in [6.07, 6.45) is 4.18. The maximum Gasteiger partial charge on any atom is 0.0479 e. The lowest BCUT2D eigenvalue weighted by Gasteiger charge is -2.02. The first-order valence-corrected chi connectivity index (χ1v) is 4.25. The first-order chi connectivity index (χ1) is 6.38. The van der Waals surface area contributed by atoms with Gasteiger partial charge in [0.15, 0.2) is 0 Å². The van der Waals surface area contributed by atoms with Crippen molar-refractivity contribution < 1.29 is 5.21 Å². The molecule has 0 aromatic heterocycles. The van der Waals surface area contributed by atoms with Crippen molar-refractivity contribution in [2.24, 2.45) is 5.16 Å². The molecule has 0 spiro atoms. The van der Waals surface area contributed by atoms with Crippen molar-refractivity contribution in [2.45, 2.75) is 13.3 Å². The number of hydrogen-bond acceptors (Lipinski definition) is 2. The fourth-order valence-electron chi connectivity index (χ4n) is 1.19. The van der Waals surface area contributed by atoms with Crippen LogP contribution in [0.15, 0.2) is 41.6 Å². The Labute approximate surface area is 78.2 Å². The van der Waals surface area contributed by atoms with Gasteiger partial charge in [-0.05, 0) is 18.1 Å². The number of nitrogens with zero attached hydrogens (tertiary/aromatic N) is 1. The van der Waals surface area contributed by atoms with Crippen molar-refractivity contribution in [1.82, 2.24) is 0 Å². The molecule has 0 aliphatic heterocycles. The van der Waals surface area contributed by atoms with Crippen LogP contribution in [0.2, 0.25) is 0 Å². The van der Waals surface area contributed by atoms with Crippen LogP contribution < -0.4 is 0 Å². The lowest BCUT2D eigenvalue weighted by molar-refractivity contribution is 0.321. The lowest BCUT2D eigenvalue weighted by Crippen LogP contribution is -1.84. The smallest absolute Gasteiger partial charge is 0.0479 e. The van der Waals surface area contributed by atoms with Gasteiger partial charge < -0.3 is 5.21 Å². The van der Waals surface area contributed by atoms with Crippen LogP contribution in [0.5, 0.6) is 0 Å². The molecule has 0 aliphatic rings. The van der Waals surface area contributed by atoms with Crippen LogP contribution in [-0.2, 0) is 0 Å². The van der Waals surface area contributed by atoms with E-state index >= 15 is 0 Å². The van der Waals surface area contributed by atoms with Crippen molar-refractivity contribution in [2.75, 3.05) is 0 Å². The zero-order valence-corrected chi connectivity index (χ0v) is 7.64. The minimum atomic E-state index is 0.664. The quantitative estimate of drug-likeness (QED) is 0.427. The zero-order valence-electron chi connectivity index (χ0n) is 7.64. The number of oxime groups is 1. The Morgan fingerprint density at radius 1 is 1.38 bits per heavy atom. The molecule has 1 N–H and O–H groups in total. The summed E-state index contributed by atoms with van der Waals surface area (Å²) in [6.45, 7) is 1.98. The monoisotopic (exact) mass is 175 g/mol. The fourth-order valence-corrected chi connectivity index (χ4v) is 1.19. The maximum atomic E-state index is 8.30. The molecular weight excluding hydrogens is 162 g/mol. The summed E-state index contributed by atoms with van der Waals surface area (Å²) in [4.78, 5) is 0. The molecule has 1 aromatic rings. The summed E-state index contributed by atoms with van der Waals surface area (Å²) in [5, 5.41) is 11.3. The minimum Gasteiger partial charge on any atom is -0.411 e. The Hall–Kier alpha value is -1.57. The third-order valence-electron chi connectivity index (χ3n) is 1.89. The number of hydrogen-bond donors (Lipinski definition) is 1. The van der Waals surface area contributed by atoms with E-state index in [0.717, 1.165) is 0 Å². The highest BCUT2D eigenvalue weighted by Gasteiger charge is 1.96. The molecule has 2 heteroatoms. The van der Waals surface area contributed by atoms with Crippen LogP contribution in [0.25, 0.3) is 5.57 Å². The Morgan fingerprint density at radius 2 is 2.08 bits per heavy atom. The molecule has 0 bridgehead atoms. The highest BCUT2D eigenvalue weighted by molar-refractivity contribution is 5.78. The van der Waals surface area contributed by atoms with Crippen LogP contribution >= 0.6 is 0 Å². The van der Waals surface area contributed by atoms with E-state index in [9.17, 15) is 0 Å². The summed E-state index contributed by atoms with van der Waals surface area (Å²) in [5.41, 5.74) is 2.34. The topological polar surface area (TPSA) is 32.6 Å². The van der Waals surface area contributed by atoms with Crippen molar-refractivity contribution in [3.63, 3.8) is 0 Å². The van der Waals surface area contributed by atoms with E-state index in [2.05, 4.69) is 5.16 Å². The normalized spacial score (nSPS) is 12.2. The van der Waals surface area contributed by atoms with E-state index in [4.69, 9.17) is 5.21 Å². The van der Waals surface area contributed by atoms with Crippen LogP contribution in [0, 0.1) is 0 Å².